The predicted molar refractivity (Wildman–Crippen MR) is 95.5 cm³/mol. The summed E-state index contributed by atoms with van der Waals surface area (Å²) in [7, 11) is 0. The number of aromatic nitrogens is 1. The van der Waals surface area contributed by atoms with Gasteiger partial charge in [0.1, 0.15) is 11.6 Å². The van der Waals surface area contributed by atoms with Gasteiger partial charge in [0, 0.05) is 17.6 Å². The number of morpholine rings is 1. The molecule has 0 aliphatic carbocycles. The second kappa shape index (κ2) is 8.12. The van der Waals surface area contributed by atoms with Crippen LogP contribution in [0.5, 0.6) is 5.75 Å². The molecule has 1 fully saturated rings. The quantitative estimate of drug-likeness (QED) is 0.848. The number of hydrogen-bond acceptors (Lipinski definition) is 5. The molecule has 1 aromatic carbocycles. The largest absolute Gasteiger partial charge is 0.484 e. The molecule has 1 aliphatic heterocycles. The molecule has 24 heavy (non-hydrogen) atoms. The van der Waals surface area contributed by atoms with Gasteiger partial charge in [0.05, 0.1) is 25.1 Å². The fourth-order valence-corrected chi connectivity index (χ4v) is 2.73. The van der Waals surface area contributed by atoms with E-state index in [2.05, 4.69) is 31.1 Å². The van der Waals surface area contributed by atoms with Crippen LogP contribution in [-0.4, -0.2) is 43.8 Å². The van der Waals surface area contributed by atoms with Crippen LogP contribution in [0.2, 0.25) is 0 Å². The summed E-state index contributed by atoms with van der Waals surface area (Å²) in [6.45, 7) is 3.10. The summed E-state index contributed by atoms with van der Waals surface area (Å²) in [5.74, 6) is 0.895. The van der Waals surface area contributed by atoms with Crippen LogP contribution in [0.25, 0.3) is 0 Å². The van der Waals surface area contributed by atoms with Crippen molar-refractivity contribution >= 4 is 33.3 Å². The van der Waals surface area contributed by atoms with Crippen LogP contribution in [0.4, 0.5) is 11.5 Å². The Morgan fingerprint density at radius 2 is 2.12 bits per heavy atom. The fraction of sp³-hybridized carbons (Fsp3) is 0.294. The van der Waals surface area contributed by atoms with Crippen molar-refractivity contribution in [2.75, 3.05) is 43.1 Å². The van der Waals surface area contributed by atoms with Crippen LogP contribution in [-0.2, 0) is 9.53 Å². The molecule has 1 aliphatic rings. The van der Waals surface area contributed by atoms with Crippen LogP contribution in [0, 0.1) is 0 Å². The first-order valence-electron chi connectivity index (χ1n) is 7.68. The zero-order valence-corrected chi connectivity index (χ0v) is 14.7. The summed E-state index contributed by atoms with van der Waals surface area (Å²) in [5.41, 5.74) is 1.03. The van der Waals surface area contributed by atoms with Crippen molar-refractivity contribution in [2.24, 2.45) is 0 Å². The van der Waals surface area contributed by atoms with Gasteiger partial charge in [-0.15, -0.1) is 0 Å². The monoisotopic (exact) mass is 391 g/mol. The third kappa shape index (κ3) is 4.69. The van der Waals surface area contributed by atoms with E-state index in [1.165, 1.54) is 0 Å². The first-order chi connectivity index (χ1) is 11.7. The maximum absolute atomic E-state index is 11.9. The van der Waals surface area contributed by atoms with Crippen molar-refractivity contribution < 1.29 is 14.3 Å². The van der Waals surface area contributed by atoms with Crippen LogP contribution < -0.4 is 15.0 Å². The molecule has 6 nitrogen and oxygen atoms in total. The summed E-state index contributed by atoms with van der Waals surface area (Å²) in [4.78, 5) is 18.4. The van der Waals surface area contributed by atoms with Gasteiger partial charge >= 0.3 is 0 Å². The summed E-state index contributed by atoms with van der Waals surface area (Å²) in [5, 5.41) is 2.73. The SMILES string of the molecule is O=C(COc1cccc(Br)c1)Nc1ccc(N2CCOCC2)cn1. The topological polar surface area (TPSA) is 63.7 Å². The lowest BCUT2D eigenvalue weighted by molar-refractivity contribution is -0.118. The van der Waals surface area contributed by atoms with Crippen LogP contribution in [0.3, 0.4) is 0 Å². The smallest absolute Gasteiger partial charge is 0.263 e. The van der Waals surface area contributed by atoms with Gasteiger partial charge in [-0.1, -0.05) is 22.0 Å². The zero-order chi connectivity index (χ0) is 16.8. The first-order valence-corrected chi connectivity index (χ1v) is 8.47. The molecule has 1 amide bonds. The maximum atomic E-state index is 11.9. The minimum atomic E-state index is -0.249. The van der Waals surface area contributed by atoms with E-state index in [1.807, 2.05) is 24.3 Å². The standard InChI is InChI=1S/C17H18BrN3O3/c18-13-2-1-3-15(10-13)24-12-17(22)20-16-5-4-14(11-19-16)21-6-8-23-9-7-21/h1-5,10-11H,6-9,12H2,(H,19,20,22). The van der Waals surface area contributed by atoms with E-state index in [-0.39, 0.29) is 12.5 Å². The average Bonchev–Trinajstić information content (AvgIpc) is 2.61. The first kappa shape index (κ1) is 16.7. The number of carbonyl (C=O) groups is 1. The van der Waals surface area contributed by atoms with Crippen LogP contribution in [0.15, 0.2) is 47.1 Å². The molecule has 1 aromatic heterocycles. The highest BCUT2D eigenvalue weighted by atomic mass is 79.9. The Kier molecular flexibility index (Phi) is 5.66. The molecular formula is C17H18BrN3O3. The number of carbonyl (C=O) groups excluding carboxylic acids is 1. The van der Waals surface area contributed by atoms with Gasteiger partial charge in [0.2, 0.25) is 0 Å². The lowest BCUT2D eigenvalue weighted by Crippen LogP contribution is -2.36. The van der Waals surface area contributed by atoms with E-state index in [4.69, 9.17) is 9.47 Å². The van der Waals surface area contributed by atoms with Crippen molar-refractivity contribution in [3.8, 4) is 5.75 Å². The number of nitrogens with one attached hydrogen (secondary N) is 1. The minimum Gasteiger partial charge on any atom is -0.484 e. The van der Waals surface area contributed by atoms with Gasteiger partial charge in [-0.05, 0) is 30.3 Å². The number of halogens is 1. The Labute approximate surface area is 148 Å². The second-order valence-electron chi connectivity index (χ2n) is 5.30. The second-order valence-corrected chi connectivity index (χ2v) is 6.21. The summed E-state index contributed by atoms with van der Waals surface area (Å²) < 4.78 is 11.7. The number of ether oxygens (including phenoxy) is 2. The van der Waals surface area contributed by atoms with Gasteiger partial charge in [-0.2, -0.15) is 0 Å². The number of benzene rings is 1. The van der Waals surface area contributed by atoms with Crippen LogP contribution in [0.1, 0.15) is 0 Å². The molecule has 1 saturated heterocycles. The van der Waals surface area contributed by atoms with Gasteiger partial charge in [0.25, 0.3) is 5.91 Å². The molecule has 0 unspecified atom stereocenters. The fourth-order valence-electron chi connectivity index (χ4n) is 2.35. The molecule has 3 rings (SSSR count). The van der Waals surface area contributed by atoms with E-state index in [0.717, 1.165) is 36.5 Å². The maximum Gasteiger partial charge on any atom is 0.263 e. The highest BCUT2D eigenvalue weighted by Gasteiger charge is 2.12. The molecule has 0 radical (unpaired) electrons. The van der Waals surface area contributed by atoms with Gasteiger partial charge in [0.15, 0.2) is 6.61 Å². The van der Waals surface area contributed by atoms with Crippen molar-refractivity contribution in [1.29, 1.82) is 0 Å². The Hall–Kier alpha value is -2.12. The van der Waals surface area contributed by atoms with E-state index in [1.54, 1.807) is 18.3 Å². The number of hydrogen-bond donors (Lipinski definition) is 1. The number of amides is 1. The average molecular weight is 392 g/mol. The Bertz CT molecular complexity index is 688. The molecule has 0 bridgehead atoms. The third-order valence-corrected chi connectivity index (χ3v) is 4.05. The Balaban J connectivity index is 1.50. The van der Waals surface area contributed by atoms with E-state index in [0.29, 0.717) is 11.6 Å². The number of nitrogens with zero attached hydrogens (tertiary/aromatic N) is 2. The highest BCUT2D eigenvalue weighted by molar-refractivity contribution is 9.10. The predicted octanol–water partition coefficient (Wildman–Crippen LogP) is 2.70. The van der Waals surface area contributed by atoms with Crippen LogP contribution >= 0.6 is 15.9 Å². The third-order valence-electron chi connectivity index (χ3n) is 3.56. The van der Waals surface area contributed by atoms with E-state index in [9.17, 15) is 4.79 Å². The summed E-state index contributed by atoms with van der Waals surface area (Å²) in [6.07, 6.45) is 1.76. The minimum absolute atomic E-state index is 0.0661. The molecule has 2 heterocycles. The molecule has 126 valence electrons. The summed E-state index contributed by atoms with van der Waals surface area (Å²) in [6, 6.07) is 11.1. The molecule has 0 spiro atoms. The normalized spacial score (nSPS) is 14.3. The number of rotatable bonds is 5. The van der Waals surface area contributed by atoms with E-state index >= 15 is 0 Å². The number of anilines is 2. The molecule has 0 atom stereocenters. The molecule has 1 N–H and O–H groups in total. The molecule has 2 aromatic rings. The van der Waals surface area contributed by atoms with Gasteiger partial charge < -0.3 is 19.7 Å². The summed E-state index contributed by atoms with van der Waals surface area (Å²) >= 11 is 3.36. The zero-order valence-electron chi connectivity index (χ0n) is 13.1. The van der Waals surface area contributed by atoms with Gasteiger partial charge in [-0.25, -0.2) is 4.98 Å². The van der Waals surface area contributed by atoms with Crippen molar-refractivity contribution in [3.63, 3.8) is 0 Å². The van der Waals surface area contributed by atoms with Crippen molar-refractivity contribution in [3.05, 3.63) is 47.1 Å². The molecule has 7 heteroatoms. The number of pyridine rings is 1. The Morgan fingerprint density at radius 3 is 2.83 bits per heavy atom. The molecule has 0 saturated carbocycles. The van der Waals surface area contributed by atoms with Crippen molar-refractivity contribution in [1.82, 2.24) is 4.98 Å². The molecular weight excluding hydrogens is 374 g/mol. The lowest BCUT2D eigenvalue weighted by Gasteiger charge is -2.28. The Morgan fingerprint density at radius 1 is 1.29 bits per heavy atom. The van der Waals surface area contributed by atoms with E-state index < -0.39 is 0 Å². The van der Waals surface area contributed by atoms with Gasteiger partial charge in [-0.3, -0.25) is 4.79 Å². The highest BCUT2D eigenvalue weighted by Crippen LogP contribution is 2.18. The van der Waals surface area contributed by atoms with Crippen molar-refractivity contribution in [2.45, 2.75) is 0 Å². The lowest BCUT2D eigenvalue weighted by atomic mass is 10.3.